The van der Waals surface area contributed by atoms with Gasteiger partial charge in [-0.3, -0.25) is 4.79 Å². The molecule has 8 heteroatoms. The summed E-state index contributed by atoms with van der Waals surface area (Å²) in [6.45, 7) is 8.48. The smallest absolute Gasteiger partial charge is 0.252 e. The molecule has 3 heterocycles. The largest absolute Gasteiger partial charge is 0.352 e. The zero-order valence-electron chi connectivity index (χ0n) is 19.1. The van der Waals surface area contributed by atoms with Gasteiger partial charge in [0.2, 0.25) is 5.91 Å². The molecule has 0 aliphatic carbocycles. The number of rotatable bonds is 5. The van der Waals surface area contributed by atoms with E-state index in [9.17, 15) is 4.79 Å². The van der Waals surface area contributed by atoms with Crippen LogP contribution in [0.1, 0.15) is 33.9 Å². The first-order chi connectivity index (χ1) is 15.9. The van der Waals surface area contributed by atoms with Gasteiger partial charge >= 0.3 is 0 Å². The Morgan fingerprint density at radius 3 is 2.52 bits per heavy atom. The van der Waals surface area contributed by atoms with Crippen molar-refractivity contribution in [3.8, 4) is 11.4 Å². The maximum atomic E-state index is 12.4. The van der Waals surface area contributed by atoms with Gasteiger partial charge in [0, 0.05) is 23.5 Å². The summed E-state index contributed by atoms with van der Waals surface area (Å²) in [5.74, 6) is 1.68. The number of carbonyl (C=O) groups is 1. The van der Waals surface area contributed by atoms with Crippen LogP contribution in [0.2, 0.25) is 0 Å². The molecule has 0 spiro atoms. The fraction of sp³-hybridized carbons (Fsp3) is 0.240. The summed E-state index contributed by atoms with van der Waals surface area (Å²) >= 11 is 0. The maximum Gasteiger partial charge on any atom is 0.252 e. The first-order valence-corrected chi connectivity index (χ1v) is 10.9. The summed E-state index contributed by atoms with van der Waals surface area (Å²) in [6.07, 6.45) is 0.109. The lowest BCUT2D eigenvalue weighted by atomic mass is 10.1. The Balaban J connectivity index is 1.23. The van der Waals surface area contributed by atoms with Crippen LogP contribution in [0.5, 0.6) is 0 Å². The van der Waals surface area contributed by atoms with Crippen molar-refractivity contribution in [2.45, 2.75) is 40.7 Å². The standard InChI is InChI=1S/C25H25N7O/c1-14-9-20-21(10-15(14)2)29-24(28-20)19-7-5-18(6-8-19)13-26-23(33)12-22-30-25-27-16(3)11-17(4)32(25)31-22/h5-11H,12-13H2,1-4H3,(H,26,33)(H,28,29). The topological polar surface area (TPSA) is 101 Å². The van der Waals surface area contributed by atoms with Crippen LogP contribution in [0, 0.1) is 27.7 Å². The highest BCUT2D eigenvalue weighted by Gasteiger charge is 2.12. The van der Waals surface area contributed by atoms with Crippen LogP contribution in [-0.2, 0) is 17.8 Å². The number of H-pyrrole nitrogens is 1. The number of amides is 1. The zero-order chi connectivity index (χ0) is 23.1. The van der Waals surface area contributed by atoms with Gasteiger partial charge in [0.05, 0.1) is 17.5 Å². The Morgan fingerprint density at radius 1 is 0.970 bits per heavy atom. The summed E-state index contributed by atoms with van der Waals surface area (Å²) < 4.78 is 1.66. The van der Waals surface area contributed by atoms with Crippen molar-refractivity contribution in [1.82, 2.24) is 34.9 Å². The normalized spacial score (nSPS) is 11.4. The number of hydrogen-bond donors (Lipinski definition) is 2. The molecule has 5 rings (SSSR count). The van der Waals surface area contributed by atoms with Crippen LogP contribution < -0.4 is 5.32 Å². The van der Waals surface area contributed by atoms with E-state index in [0.717, 1.165) is 39.4 Å². The number of nitrogens with zero attached hydrogens (tertiary/aromatic N) is 5. The number of hydrogen-bond acceptors (Lipinski definition) is 5. The van der Waals surface area contributed by atoms with Gasteiger partial charge < -0.3 is 10.3 Å². The Kier molecular flexibility index (Phi) is 5.12. The highest BCUT2D eigenvalue weighted by Crippen LogP contribution is 2.23. The molecule has 0 unspecified atom stereocenters. The molecule has 0 bridgehead atoms. The fourth-order valence-corrected chi connectivity index (χ4v) is 3.88. The number of carbonyl (C=O) groups excluding carboxylic acids is 1. The van der Waals surface area contributed by atoms with E-state index in [-0.39, 0.29) is 12.3 Å². The van der Waals surface area contributed by atoms with Crippen molar-refractivity contribution < 1.29 is 4.79 Å². The van der Waals surface area contributed by atoms with Gasteiger partial charge in [0.1, 0.15) is 5.82 Å². The van der Waals surface area contributed by atoms with Crippen LogP contribution in [0.3, 0.4) is 0 Å². The molecule has 33 heavy (non-hydrogen) atoms. The second-order valence-corrected chi connectivity index (χ2v) is 8.47. The first-order valence-electron chi connectivity index (χ1n) is 10.9. The third-order valence-electron chi connectivity index (χ3n) is 5.80. The fourth-order valence-electron chi connectivity index (χ4n) is 3.88. The number of aryl methyl sites for hydroxylation is 4. The maximum absolute atomic E-state index is 12.4. The van der Waals surface area contributed by atoms with Crippen molar-refractivity contribution >= 4 is 22.7 Å². The van der Waals surface area contributed by atoms with E-state index in [1.807, 2.05) is 44.2 Å². The number of nitrogens with one attached hydrogen (secondary N) is 2. The lowest BCUT2D eigenvalue weighted by Crippen LogP contribution is -2.25. The van der Waals surface area contributed by atoms with E-state index in [4.69, 9.17) is 4.98 Å². The number of aromatic amines is 1. The molecule has 3 aromatic heterocycles. The molecular weight excluding hydrogens is 414 g/mol. The van der Waals surface area contributed by atoms with Gasteiger partial charge in [-0.05, 0) is 62.6 Å². The SMILES string of the molecule is Cc1cc(C)n2nc(CC(=O)NCc3ccc(-c4nc5cc(C)c(C)cc5[nH]4)cc3)nc2n1. The lowest BCUT2D eigenvalue weighted by Gasteiger charge is -2.05. The van der Waals surface area contributed by atoms with Crippen molar-refractivity contribution in [2.24, 2.45) is 0 Å². The average molecular weight is 440 g/mol. The Labute approximate surface area is 191 Å². The number of fused-ring (bicyclic) bond motifs is 2. The summed E-state index contributed by atoms with van der Waals surface area (Å²) in [5, 5.41) is 7.33. The zero-order valence-corrected chi connectivity index (χ0v) is 19.1. The van der Waals surface area contributed by atoms with Gasteiger partial charge in [0.25, 0.3) is 5.78 Å². The highest BCUT2D eigenvalue weighted by atomic mass is 16.1. The molecule has 0 aliphatic heterocycles. The lowest BCUT2D eigenvalue weighted by molar-refractivity contribution is -0.120. The van der Waals surface area contributed by atoms with E-state index >= 15 is 0 Å². The van der Waals surface area contributed by atoms with Gasteiger partial charge in [0.15, 0.2) is 5.82 Å². The highest BCUT2D eigenvalue weighted by molar-refractivity contribution is 5.81. The van der Waals surface area contributed by atoms with Crippen LogP contribution in [0.25, 0.3) is 28.2 Å². The van der Waals surface area contributed by atoms with E-state index in [1.165, 1.54) is 11.1 Å². The van der Waals surface area contributed by atoms with Crippen molar-refractivity contribution in [3.63, 3.8) is 0 Å². The van der Waals surface area contributed by atoms with Crippen LogP contribution in [0.4, 0.5) is 0 Å². The third kappa shape index (κ3) is 4.19. The number of benzene rings is 2. The van der Waals surface area contributed by atoms with Crippen LogP contribution in [0.15, 0.2) is 42.5 Å². The molecule has 0 aliphatic rings. The Hall–Kier alpha value is -4.07. The quantitative estimate of drug-likeness (QED) is 0.434. The third-order valence-corrected chi connectivity index (χ3v) is 5.80. The summed E-state index contributed by atoms with van der Waals surface area (Å²) in [6, 6.07) is 14.2. The van der Waals surface area contributed by atoms with Crippen molar-refractivity contribution in [1.29, 1.82) is 0 Å². The Bertz CT molecular complexity index is 1460. The first kappa shape index (κ1) is 20.8. The van der Waals surface area contributed by atoms with Gasteiger partial charge in [-0.25, -0.2) is 14.5 Å². The molecule has 0 radical (unpaired) electrons. The molecule has 1 amide bonds. The summed E-state index contributed by atoms with van der Waals surface area (Å²) in [5.41, 5.74) is 8.29. The van der Waals surface area contributed by atoms with Crippen molar-refractivity contribution in [2.75, 3.05) is 0 Å². The molecule has 2 N–H and O–H groups in total. The molecule has 166 valence electrons. The minimum absolute atomic E-state index is 0.109. The van der Waals surface area contributed by atoms with E-state index < -0.39 is 0 Å². The van der Waals surface area contributed by atoms with Crippen molar-refractivity contribution in [3.05, 3.63) is 76.4 Å². The molecule has 2 aromatic carbocycles. The van der Waals surface area contributed by atoms with E-state index in [2.05, 4.69) is 51.3 Å². The molecule has 0 saturated heterocycles. The van der Waals surface area contributed by atoms with Gasteiger partial charge in [-0.1, -0.05) is 24.3 Å². The second kappa shape index (κ2) is 8.12. The molecule has 0 fully saturated rings. The second-order valence-electron chi connectivity index (χ2n) is 8.47. The molecule has 0 atom stereocenters. The van der Waals surface area contributed by atoms with Crippen LogP contribution >= 0.6 is 0 Å². The van der Waals surface area contributed by atoms with Crippen LogP contribution in [-0.4, -0.2) is 35.5 Å². The molecule has 5 aromatic rings. The van der Waals surface area contributed by atoms with E-state index in [1.54, 1.807) is 4.52 Å². The molecular formula is C25H25N7O. The molecule has 8 nitrogen and oxygen atoms in total. The van der Waals surface area contributed by atoms with E-state index in [0.29, 0.717) is 18.1 Å². The molecule has 0 saturated carbocycles. The summed E-state index contributed by atoms with van der Waals surface area (Å²) in [4.78, 5) is 29.3. The monoisotopic (exact) mass is 439 g/mol. The number of aromatic nitrogens is 6. The Morgan fingerprint density at radius 2 is 1.73 bits per heavy atom. The minimum Gasteiger partial charge on any atom is -0.352 e. The predicted molar refractivity (Wildman–Crippen MR) is 127 cm³/mol. The average Bonchev–Trinajstić information content (AvgIpc) is 3.36. The number of imidazole rings is 1. The van der Waals surface area contributed by atoms with Gasteiger partial charge in [-0.2, -0.15) is 4.98 Å². The van der Waals surface area contributed by atoms with Gasteiger partial charge in [-0.15, -0.1) is 5.10 Å². The summed E-state index contributed by atoms with van der Waals surface area (Å²) in [7, 11) is 0. The predicted octanol–water partition coefficient (Wildman–Crippen LogP) is 3.76. The minimum atomic E-state index is -0.132.